The lowest BCUT2D eigenvalue weighted by Gasteiger charge is -2.26. The molecule has 0 saturated carbocycles. The van der Waals surface area contributed by atoms with Gasteiger partial charge in [-0.25, -0.2) is 0 Å². The maximum Gasteiger partial charge on any atom is 0.122 e. The molecular weight excluding hydrogens is 318 g/mol. The molecule has 0 radical (unpaired) electrons. The average molecular weight is 344 g/mol. The molecule has 0 amide bonds. The van der Waals surface area contributed by atoms with Gasteiger partial charge in [0.25, 0.3) is 0 Å². The lowest BCUT2D eigenvalue weighted by atomic mass is 10.1. The fourth-order valence-electron chi connectivity index (χ4n) is 3.27. The molecule has 0 aromatic heterocycles. The van der Waals surface area contributed by atoms with E-state index in [1.54, 1.807) is 0 Å². The van der Waals surface area contributed by atoms with E-state index in [2.05, 4.69) is 35.2 Å². The van der Waals surface area contributed by atoms with Gasteiger partial charge < -0.3 is 9.64 Å². The predicted molar refractivity (Wildman–Crippen MR) is 101 cm³/mol. The molecule has 1 aliphatic heterocycles. The first kappa shape index (κ1) is 17.3. The standard InChI is InChI=1S/C21H26ClNO/c22-20-9-10-21(24-16-12-18-7-3-1-4-8-18)19(17-20)11-15-23-13-5-2-6-14-23/h1,3-4,7-10,17H,2,5-6,11-16H2. The van der Waals surface area contributed by atoms with Crippen LogP contribution >= 0.6 is 11.6 Å². The molecule has 2 nitrogen and oxygen atoms in total. The average Bonchev–Trinajstić information content (AvgIpc) is 2.63. The molecule has 0 N–H and O–H groups in total. The highest BCUT2D eigenvalue weighted by Gasteiger charge is 2.12. The fourth-order valence-corrected chi connectivity index (χ4v) is 3.46. The van der Waals surface area contributed by atoms with Crippen molar-refractivity contribution in [2.24, 2.45) is 0 Å². The molecular formula is C21H26ClNO. The van der Waals surface area contributed by atoms with Gasteiger partial charge >= 0.3 is 0 Å². The molecule has 0 unspecified atom stereocenters. The molecule has 1 fully saturated rings. The molecule has 128 valence electrons. The van der Waals surface area contributed by atoms with Crippen molar-refractivity contribution in [3.05, 3.63) is 64.7 Å². The smallest absolute Gasteiger partial charge is 0.122 e. The summed E-state index contributed by atoms with van der Waals surface area (Å²) in [4.78, 5) is 2.55. The number of hydrogen-bond donors (Lipinski definition) is 0. The Morgan fingerprint density at radius 1 is 0.917 bits per heavy atom. The first-order valence-electron chi connectivity index (χ1n) is 8.99. The van der Waals surface area contributed by atoms with Crippen molar-refractivity contribution in [2.75, 3.05) is 26.2 Å². The van der Waals surface area contributed by atoms with Crippen molar-refractivity contribution < 1.29 is 4.74 Å². The number of piperidine rings is 1. The Labute approximate surface area is 150 Å². The molecule has 1 heterocycles. The second-order valence-corrected chi connectivity index (χ2v) is 6.92. The van der Waals surface area contributed by atoms with Crippen LogP contribution in [0.1, 0.15) is 30.4 Å². The summed E-state index contributed by atoms with van der Waals surface area (Å²) in [5.74, 6) is 0.979. The minimum atomic E-state index is 0.697. The lowest BCUT2D eigenvalue weighted by Crippen LogP contribution is -2.31. The van der Waals surface area contributed by atoms with Crippen LogP contribution in [0.3, 0.4) is 0 Å². The van der Waals surface area contributed by atoms with Gasteiger partial charge in [-0.05, 0) is 61.7 Å². The van der Waals surface area contributed by atoms with E-state index >= 15 is 0 Å². The second kappa shape index (κ2) is 9.10. The van der Waals surface area contributed by atoms with E-state index in [-0.39, 0.29) is 0 Å². The number of ether oxygens (including phenoxy) is 1. The Bertz CT molecular complexity index is 623. The Morgan fingerprint density at radius 3 is 2.50 bits per heavy atom. The third-order valence-electron chi connectivity index (χ3n) is 4.66. The Kier molecular flexibility index (Phi) is 6.57. The molecule has 1 aliphatic rings. The molecule has 1 saturated heterocycles. The molecule has 0 bridgehead atoms. The van der Waals surface area contributed by atoms with Crippen molar-refractivity contribution in [1.29, 1.82) is 0 Å². The van der Waals surface area contributed by atoms with E-state index < -0.39 is 0 Å². The van der Waals surface area contributed by atoms with E-state index in [0.29, 0.717) is 6.61 Å². The second-order valence-electron chi connectivity index (χ2n) is 6.49. The maximum absolute atomic E-state index is 6.20. The minimum Gasteiger partial charge on any atom is -0.493 e. The molecule has 3 heteroatoms. The Balaban J connectivity index is 1.55. The number of benzene rings is 2. The zero-order valence-electron chi connectivity index (χ0n) is 14.2. The van der Waals surface area contributed by atoms with Crippen LogP contribution in [0, 0.1) is 0 Å². The fraction of sp³-hybridized carbons (Fsp3) is 0.429. The third kappa shape index (κ3) is 5.25. The third-order valence-corrected chi connectivity index (χ3v) is 4.89. The summed E-state index contributed by atoms with van der Waals surface area (Å²) in [5, 5.41) is 0.791. The van der Waals surface area contributed by atoms with Gasteiger partial charge in [-0.2, -0.15) is 0 Å². The van der Waals surface area contributed by atoms with Crippen LogP contribution in [0.5, 0.6) is 5.75 Å². The highest BCUT2D eigenvalue weighted by atomic mass is 35.5. The molecule has 2 aromatic rings. The van der Waals surface area contributed by atoms with Crippen LogP contribution < -0.4 is 4.74 Å². The molecule has 3 rings (SSSR count). The summed E-state index contributed by atoms with van der Waals surface area (Å²) in [7, 11) is 0. The first-order chi connectivity index (χ1) is 11.8. The number of rotatable bonds is 7. The summed E-state index contributed by atoms with van der Waals surface area (Å²) in [5.41, 5.74) is 2.53. The monoisotopic (exact) mass is 343 g/mol. The number of likely N-dealkylation sites (tertiary alicyclic amines) is 1. The minimum absolute atomic E-state index is 0.697. The highest BCUT2D eigenvalue weighted by molar-refractivity contribution is 6.30. The normalized spacial score (nSPS) is 15.4. The Hall–Kier alpha value is -1.51. The van der Waals surface area contributed by atoms with Crippen molar-refractivity contribution >= 4 is 11.6 Å². The van der Waals surface area contributed by atoms with Gasteiger partial charge in [0.15, 0.2) is 0 Å². The summed E-state index contributed by atoms with van der Waals surface area (Å²) in [6, 6.07) is 16.5. The topological polar surface area (TPSA) is 12.5 Å². The summed E-state index contributed by atoms with van der Waals surface area (Å²) in [6.45, 7) is 4.24. The van der Waals surface area contributed by atoms with Crippen LogP contribution in [0.15, 0.2) is 48.5 Å². The van der Waals surface area contributed by atoms with Gasteiger partial charge in [0.1, 0.15) is 5.75 Å². The van der Waals surface area contributed by atoms with Crippen LogP contribution in [-0.2, 0) is 12.8 Å². The zero-order valence-corrected chi connectivity index (χ0v) is 15.0. The van der Waals surface area contributed by atoms with Crippen LogP contribution in [-0.4, -0.2) is 31.1 Å². The van der Waals surface area contributed by atoms with E-state index in [1.807, 2.05) is 18.2 Å². The maximum atomic E-state index is 6.20. The van der Waals surface area contributed by atoms with E-state index in [0.717, 1.165) is 30.2 Å². The van der Waals surface area contributed by atoms with Gasteiger partial charge in [0.2, 0.25) is 0 Å². The quantitative estimate of drug-likeness (QED) is 0.702. The van der Waals surface area contributed by atoms with Gasteiger partial charge in [-0.3, -0.25) is 0 Å². The van der Waals surface area contributed by atoms with E-state index in [1.165, 1.54) is 43.5 Å². The Morgan fingerprint density at radius 2 is 1.71 bits per heavy atom. The lowest BCUT2D eigenvalue weighted by molar-refractivity contribution is 0.230. The van der Waals surface area contributed by atoms with E-state index in [9.17, 15) is 0 Å². The van der Waals surface area contributed by atoms with Gasteiger partial charge in [0.05, 0.1) is 6.61 Å². The molecule has 24 heavy (non-hydrogen) atoms. The molecule has 0 aliphatic carbocycles. The zero-order chi connectivity index (χ0) is 16.6. The number of hydrogen-bond acceptors (Lipinski definition) is 2. The largest absolute Gasteiger partial charge is 0.493 e. The SMILES string of the molecule is Clc1ccc(OCCc2ccccc2)c(CCN2CCCCC2)c1. The predicted octanol–water partition coefficient (Wildman–Crippen LogP) is 4.99. The number of halogens is 1. The van der Waals surface area contributed by atoms with Gasteiger partial charge in [0, 0.05) is 18.0 Å². The highest BCUT2D eigenvalue weighted by Crippen LogP contribution is 2.24. The van der Waals surface area contributed by atoms with E-state index in [4.69, 9.17) is 16.3 Å². The molecule has 2 aromatic carbocycles. The summed E-state index contributed by atoms with van der Waals surface area (Å²) >= 11 is 6.20. The van der Waals surface area contributed by atoms with Gasteiger partial charge in [-0.1, -0.05) is 48.4 Å². The van der Waals surface area contributed by atoms with Crippen LogP contribution in [0.25, 0.3) is 0 Å². The first-order valence-corrected chi connectivity index (χ1v) is 9.36. The molecule has 0 atom stereocenters. The van der Waals surface area contributed by atoms with Crippen molar-refractivity contribution in [3.63, 3.8) is 0 Å². The molecule has 0 spiro atoms. The summed E-state index contributed by atoms with van der Waals surface area (Å²) < 4.78 is 6.06. The van der Waals surface area contributed by atoms with Crippen molar-refractivity contribution in [3.8, 4) is 5.75 Å². The number of nitrogens with zero attached hydrogens (tertiary/aromatic N) is 1. The van der Waals surface area contributed by atoms with Crippen molar-refractivity contribution in [2.45, 2.75) is 32.1 Å². The summed E-state index contributed by atoms with van der Waals surface area (Å²) in [6.07, 6.45) is 5.96. The van der Waals surface area contributed by atoms with Crippen LogP contribution in [0.2, 0.25) is 5.02 Å². The van der Waals surface area contributed by atoms with Crippen LogP contribution in [0.4, 0.5) is 0 Å². The van der Waals surface area contributed by atoms with Crippen molar-refractivity contribution in [1.82, 2.24) is 4.90 Å². The van der Waals surface area contributed by atoms with Gasteiger partial charge in [-0.15, -0.1) is 0 Å².